The molecule has 4 nitrogen and oxygen atoms in total. The van der Waals surface area contributed by atoms with Crippen LogP contribution in [0.5, 0.6) is 11.5 Å². The van der Waals surface area contributed by atoms with Gasteiger partial charge in [-0.05, 0) is 31.2 Å². The molecule has 0 fully saturated rings. The van der Waals surface area contributed by atoms with E-state index < -0.39 is 0 Å². The zero-order valence-electron chi connectivity index (χ0n) is 10.7. The van der Waals surface area contributed by atoms with Gasteiger partial charge in [0, 0.05) is 11.6 Å². The minimum Gasteiger partial charge on any atom is -0.507 e. The van der Waals surface area contributed by atoms with Gasteiger partial charge in [-0.3, -0.25) is 0 Å². The van der Waals surface area contributed by atoms with Gasteiger partial charge in [-0.1, -0.05) is 11.6 Å². The van der Waals surface area contributed by atoms with Crippen molar-refractivity contribution in [1.82, 2.24) is 4.98 Å². The van der Waals surface area contributed by atoms with Gasteiger partial charge in [-0.15, -0.1) is 0 Å². The van der Waals surface area contributed by atoms with Gasteiger partial charge in [-0.2, -0.15) is 0 Å². The van der Waals surface area contributed by atoms with Gasteiger partial charge in [0.2, 0.25) is 0 Å². The van der Waals surface area contributed by atoms with Gasteiger partial charge in [-0.25, -0.2) is 4.98 Å². The zero-order chi connectivity index (χ0) is 13.8. The van der Waals surface area contributed by atoms with Crippen LogP contribution in [0.4, 0.5) is 5.69 Å². The maximum atomic E-state index is 9.96. The first-order chi connectivity index (χ1) is 9.10. The van der Waals surface area contributed by atoms with E-state index in [0.29, 0.717) is 10.9 Å². The van der Waals surface area contributed by atoms with Crippen LogP contribution >= 0.6 is 11.6 Å². The van der Waals surface area contributed by atoms with Crippen LogP contribution in [0.1, 0.15) is 18.5 Å². The summed E-state index contributed by atoms with van der Waals surface area (Å²) in [5, 5.41) is 13.6. The number of halogens is 1. The number of rotatable bonds is 4. The van der Waals surface area contributed by atoms with Crippen molar-refractivity contribution < 1.29 is 9.84 Å². The van der Waals surface area contributed by atoms with Crippen molar-refractivity contribution in [3.63, 3.8) is 0 Å². The third-order valence-electron chi connectivity index (χ3n) is 2.81. The van der Waals surface area contributed by atoms with Gasteiger partial charge in [0.1, 0.15) is 16.7 Å². The van der Waals surface area contributed by atoms with E-state index >= 15 is 0 Å². The van der Waals surface area contributed by atoms with E-state index in [1.165, 1.54) is 0 Å². The first-order valence-corrected chi connectivity index (χ1v) is 6.23. The number of ether oxygens (including phenoxy) is 1. The van der Waals surface area contributed by atoms with Gasteiger partial charge in [0.25, 0.3) is 0 Å². The van der Waals surface area contributed by atoms with Gasteiger partial charge < -0.3 is 15.2 Å². The summed E-state index contributed by atoms with van der Waals surface area (Å²) < 4.78 is 5.06. The molecule has 2 aromatic rings. The van der Waals surface area contributed by atoms with Crippen molar-refractivity contribution in [2.45, 2.75) is 13.0 Å². The number of aromatic hydroxyl groups is 1. The highest BCUT2D eigenvalue weighted by Crippen LogP contribution is 2.30. The molecule has 1 unspecified atom stereocenters. The molecule has 0 radical (unpaired) electrons. The van der Waals surface area contributed by atoms with E-state index in [9.17, 15) is 5.11 Å². The molecule has 0 saturated carbocycles. The summed E-state index contributed by atoms with van der Waals surface area (Å²) in [6.45, 7) is 1.95. The summed E-state index contributed by atoms with van der Waals surface area (Å²) in [7, 11) is 1.56. The second kappa shape index (κ2) is 5.80. The first-order valence-electron chi connectivity index (χ1n) is 5.85. The monoisotopic (exact) mass is 278 g/mol. The van der Waals surface area contributed by atoms with Crippen LogP contribution < -0.4 is 10.1 Å². The molecule has 1 heterocycles. The fourth-order valence-corrected chi connectivity index (χ4v) is 1.92. The number of aromatic nitrogens is 1. The van der Waals surface area contributed by atoms with Crippen molar-refractivity contribution in [3.05, 3.63) is 47.2 Å². The number of nitrogens with zero attached hydrogens (tertiary/aromatic N) is 1. The topological polar surface area (TPSA) is 54.4 Å². The summed E-state index contributed by atoms with van der Waals surface area (Å²) in [4.78, 5) is 4.00. The molecule has 1 aromatic heterocycles. The average molecular weight is 279 g/mol. The third kappa shape index (κ3) is 3.29. The number of pyridine rings is 1. The van der Waals surface area contributed by atoms with E-state index in [0.717, 1.165) is 11.3 Å². The molecule has 0 bridgehead atoms. The average Bonchev–Trinajstić information content (AvgIpc) is 2.41. The molecule has 0 amide bonds. The summed E-state index contributed by atoms with van der Waals surface area (Å²) >= 11 is 5.73. The minimum atomic E-state index is -0.0612. The fourth-order valence-electron chi connectivity index (χ4n) is 1.81. The molecule has 0 aliphatic rings. The molecule has 2 N–H and O–H groups in total. The van der Waals surface area contributed by atoms with Crippen LogP contribution in [-0.4, -0.2) is 17.2 Å². The van der Waals surface area contributed by atoms with Crippen LogP contribution in [0.3, 0.4) is 0 Å². The highest BCUT2D eigenvalue weighted by molar-refractivity contribution is 6.29. The number of benzene rings is 1. The second-order valence-electron chi connectivity index (χ2n) is 4.16. The predicted octanol–water partition coefficient (Wildman–Crippen LogP) is 3.62. The second-order valence-corrected chi connectivity index (χ2v) is 4.55. The zero-order valence-corrected chi connectivity index (χ0v) is 11.5. The molecule has 0 saturated heterocycles. The fraction of sp³-hybridized carbons (Fsp3) is 0.214. The number of phenols is 1. The van der Waals surface area contributed by atoms with E-state index in [1.807, 2.05) is 25.1 Å². The van der Waals surface area contributed by atoms with Crippen molar-refractivity contribution in [2.24, 2.45) is 0 Å². The van der Waals surface area contributed by atoms with Crippen molar-refractivity contribution in [1.29, 1.82) is 0 Å². The lowest BCUT2D eigenvalue weighted by Crippen LogP contribution is -2.07. The Labute approximate surface area is 117 Å². The molecule has 100 valence electrons. The van der Waals surface area contributed by atoms with Crippen LogP contribution in [0.15, 0.2) is 36.5 Å². The van der Waals surface area contributed by atoms with Gasteiger partial charge in [0.15, 0.2) is 0 Å². The van der Waals surface area contributed by atoms with E-state index in [-0.39, 0.29) is 11.8 Å². The maximum Gasteiger partial charge on any atom is 0.129 e. The molecular weight excluding hydrogens is 264 g/mol. The highest BCUT2D eigenvalue weighted by atomic mass is 35.5. The summed E-state index contributed by atoms with van der Waals surface area (Å²) in [6, 6.07) is 8.72. The van der Waals surface area contributed by atoms with Gasteiger partial charge >= 0.3 is 0 Å². The largest absolute Gasteiger partial charge is 0.507 e. The Morgan fingerprint density at radius 3 is 2.68 bits per heavy atom. The smallest absolute Gasteiger partial charge is 0.129 e. The Hall–Kier alpha value is -1.94. The highest BCUT2D eigenvalue weighted by Gasteiger charge is 2.11. The molecule has 0 spiro atoms. The SMILES string of the molecule is COc1ccc(C(C)Nc2ccc(Cl)nc2)c(O)c1. The molecular formula is C14H15ClN2O2. The van der Waals surface area contributed by atoms with E-state index in [1.54, 1.807) is 25.4 Å². The molecule has 19 heavy (non-hydrogen) atoms. The lowest BCUT2D eigenvalue weighted by Gasteiger charge is -2.17. The Balaban J connectivity index is 2.15. The van der Waals surface area contributed by atoms with E-state index in [2.05, 4.69) is 10.3 Å². The van der Waals surface area contributed by atoms with Crippen molar-refractivity contribution in [3.8, 4) is 11.5 Å². The number of anilines is 1. The standard InChI is InChI=1S/C14H15ClN2O2/c1-9(17-10-3-6-14(15)16-8-10)12-5-4-11(19-2)7-13(12)18/h3-9,17-18H,1-2H3. The Kier molecular flexibility index (Phi) is 4.12. The number of nitrogens with one attached hydrogen (secondary N) is 1. The summed E-state index contributed by atoms with van der Waals surface area (Å²) in [5.74, 6) is 0.822. The quantitative estimate of drug-likeness (QED) is 0.839. The van der Waals surface area contributed by atoms with Crippen molar-refractivity contribution in [2.75, 3.05) is 12.4 Å². The normalized spacial score (nSPS) is 11.9. The van der Waals surface area contributed by atoms with Crippen LogP contribution in [-0.2, 0) is 0 Å². The van der Waals surface area contributed by atoms with Crippen molar-refractivity contribution >= 4 is 17.3 Å². The number of methoxy groups -OCH3 is 1. The van der Waals surface area contributed by atoms with Crippen LogP contribution in [0.25, 0.3) is 0 Å². The predicted molar refractivity (Wildman–Crippen MR) is 75.9 cm³/mol. The van der Waals surface area contributed by atoms with Gasteiger partial charge in [0.05, 0.1) is 25.0 Å². The first kappa shape index (κ1) is 13.5. The minimum absolute atomic E-state index is 0.0612. The number of phenolic OH excluding ortho intramolecular Hbond substituents is 1. The molecule has 5 heteroatoms. The Morgan fingerprint density at radius 2 is 2.11 bits per heavy atom. The molecule has 1 atom stereocenters. The lowest BCUT2D eigenvalue weighted by atomic mass is 10.1. The number of hydrogen-bond acceptors (Lipinski definition) is 4. The molecule has 0 aliphatic carbocycles. The molecule has 2 rings (SSSR count). The van der Waals surface area contributed by atoms with E-state index in [4.69, 9.17) is 16.3 Å². The summed E-state index contributed by atoms with van der Waals surface area (Å²) in [5.41, 5.74) is 1.63. The Morgan fingerprint density at radius 1 is 1.32 bits per heavy atom. The summed E-state index contributed by atoms with van der Waals surface area (Å²) in [6.07, 6.45) is 1.65. The lowest BCUT2D eigenvalue weighted by molar-refractivity contribution is 0.406. The third-order valence-corrected chi connectivity index (χ3v) is 3.04. The maximum absolute atomic E-state index is 9.96. The number of hydrogen-bond donors (Lipinski definition) is 2. The Bertz CT molecular complexity index is 558. The molecule has 0 aliphatic heterocycles. The van der Waals surface area contributed by atoms with Crippen LogP contribution in [0, 0.1) is 0 Å². The molecule has 1 aromatic carbocycles. The van der Waals surface area contributed by atoms with Crippen LogP contribution in [0.2, 0.25) is 5.15 Å².